The average Bonchev–Trinajstić information content (AvgIpc) is 2.74. The highest BCUT2D eigenvalue weighted by atomic mass is 16.7. The molecule has 7 nitrogen and oxygen atoms in total. The molecule has 1 aromatic carbocycles. The third-order valence-electron chi connectivity index (χ3n) is 3.60. The van der Waals surface area contributed by atoms with E-state index in [1.54, 1.807) is 19.1 Å². The molecule has 3 rings (SSSR count). The largest absolute Gasteiger partial charge is 0.465 e. The molecule has 1 aromatic heterocycles. The zero-order valence-corrected chi connectivity index (χ0v) is 11.5. The van der Waals surface area contributed by atoms with Crippen molar-refractivity contribution in [3.05, 3.63) is 30.0 Å². The molecule has 0 radical (unpaired) electrons. The van der Waals surface area contributed by atoms with Crippen LogP contribution in [-0.2, 0) is 0 Å². The molecular weight excluding hydrogens is 274 g/mol. The molecule has 21 heavy (non-hydrogen) atoms. The summed E-state index contributed by atoms with van der Waals surface area (Å²) < 4.78 is 0. The summed E-state index contributed by atoms with van der Waals surface area (Å²) in [5.41, 5.74) is 0.957. The van der Waals surface area contributed by atoms with Gasteiger partial charge in [-0.2, -0.15) is 0 Å². The van der Waals surface area contributed by atoms with Crippen molar-refractivity contribution in [3.63, 3.8) is 0 Å². The second-order valence-corrected chi connectivity index (χ2v) is 4.80. The Labute approximate surface area is 120 Å². The highest BCUT2D eigenvalue weighted by Crippen LogP contribution is 2.26. The van der Waals surface area contributed by atoms with Crippen LogP contribution in [0.1, 0.15) is 23.8 Å². The van der Waals surface area contributed by atoms with Gasteiger partial charge in [-0.3, -0.25) is 9.69 Å². The van der Waals surface area contributed by atoms with Gasteiger partial charge in [0.2, 0.25) is 5.78 Å². The molecule has 0 spiro atoms. The molecule has 0 aliphatic carbocycles. The van der Waals surface area contributed by atoms with Gasteiger partial charge in [-0.05, 0) is 19.4 Å². The topological polar surface area (TPSA) is 84.7 Å². The maximum absolute atomic E-state index is 12.7. The van der Waals surface area contributed by atoms with Gasteiger partial charge in [0.05, 0.1) is 5.52 Å². The molecule has 1 amide bonds. The molecule has 1 N–H and O–H groups in total. The van der Waals surface area contributed by atoms with Gasteiger partial charge >= 0.3 is 6.09 Å². The fourth-order valence-electron chi connectivity index (χ4n) is 2.50. The maximum Gasteiger partial charge on any atom is 0.407 e. The van der Waals surface area contributed by atoms with Crippen LogP contribution >= 0.6 is 0 Å². The summed E-state index contributed by atoms with van der Waals surface area (Å²) in [6.07, 6.45) is -0.553. The Morgan fingerprint density at radius 2 is 2.19 bits per heavy atom. The molecule has 7 heteroatoms. The van der Waals surface area contributed by atoms with Crippen molar-refractivity contribution in [1.82, 2.24) is 14.8 Å². The quantitative estimate of drug-likeness (QED) is 0.860. The van der Waals surface area contributed by atoms with Crippen LogP contribution in [0.4, 0.5) is 4.79 Å². The van der Waals surface area contributed by atoms with Crippen molar-refractivity contribution in [1.29, 1.82) is 0 Å². The summed E-state index contributed by atoms with van der Waals surface area (Å²) in [6.45, 7) is 2.54. The van der Waals surface area contributed by atoms with E-state index in [4.69, 9.17) is 9.94 Å². The Bertz CT molecular complexity index is 709. The van der Waals surface area contributed by atoms with Gasteiger partial charge in [0, 0.05) is 11.9 Å². The van der Waals surface area contributed by atoms with Crippen LogP contribution in [0.5, 0.6) is 0 Å². The van der Waals surface area contributed by atoms with E-state index in [1.165, 1.54) is 4.85 Å². The molecule has 1 saturated heterocycles. The number of likely N-dealkylation sites (tertiary alicyclic amines) is 1. The first-order chi connectivity index (χ1) is 10.1. The zero-order valence-electron chi connectivity index (χ0n) is 11.5. The summed E-state index contributed by atoms with van der Waals surface area (Å²) in [4.78, 5) is 31.5. The standard InChI is InChI=1S/C14H15N3O4/c1-2-21-17-12(9-5-3-4-6-10(9)15-17)13(18)11-7-8-16(11)14(19)20/h3-6,11H,2,7-8H2,1H3,(H,19,20)/t11-/m0/s1. The van der Waals surface area contributed by atoms with Gasteiger partial charge in [-0.25, -0.2) is 4.79 Å². The number of carbonyl (C=O) groups is 2. The number of hydrogen-bond donors (Lipinski definition) is 1. The summed E-state index contributed by atoms with van der Waals surface area (Å²) in [6, 6.07) is 6.56. The second-order valence-electron chi connectivity index (χ2n) is 4.80. The highest BCUT2D eigenvalue weighted by molar-refractivity contribution is 6.09. The van der Waals surface area contributed by atoms with Crippen molar-refractivity contribution < 1.29 is 19.5 Å². The summed E-state index contributed by atoms with van der Waals surface area (Å²) in [7, 11) is 0. The lowest BCUT2D eigenvalue weighted by Gasteiger charge is -2.37. The first-order valence-corrected chi connectivity index (χ1v) is 6.78. The lowest BCUT2D eigenvalue weighted by Crippen LogP contribution is -2.55. The smallest absolute Gasteiger partial charge is 0.407 e. The number of ketones is 1. The Kier molecular flexibility index (Phi) is 3.25. The Morgan fingerprint density at radius 1 is 1.43 bits per heavy atom. The van der Waals surface area contributed by atoms with Crippen LogP contribution in [-0.4, -0.2) is 51.0 Å². The third kappa shape index (κ3) is 2.10. The molecule has 0 unspecified atom stereocenters. The van der Waals surface area contributed by atoms with Crippen LogP contribution in [0.2, 0.25) is 0 Å². The van der Waals surface area contributed by atoms with Gasteiger partial charge < -0.3 is 9.94 Å². The number of rotatable bonds is 4. The van der Waals surface area contributed by atoms with Gasteiger partial charge in [0.25, 0.3) is 0 Å². The fourth-order valence-corrected chi connectivity index (χ4v) is 2.50. The number of hydrogen-bond acceptors (Lipinski definition) is 4. The van der Waals surface area contributed by atoms with Crippen molar-refractivity contribution >= 4 is 22.8 Å². The fraction of sp³-hybridized carbons (Fsp3) is 0.357. The summed E-state index contributed by atoms with van der Waals surface area (Å²) in [5, 5.41) is 14.0. The molecule has 0 bridgehead atoms. The van der Waals surface area contributed by atoms with E-state index in [-0.39, 0.29) is 5.78 Å². The van der Waals surface area contributed by atoms with E-state index in [0.717, 1.165) is 4.90 Å². The monoisotopic (exact) mass is 289 g/mol. The first-order valence-electron chi connectivity index (χ1n) is 6.78. The summed E-state index contributed by atoms with van der Waals surface area (Å²) >= 11 is 0. The van der Waals surface area contributed by atoms with E-state index in [0.29, 0.717) is 36.2 Å². The average molecular weight is 289 g/mol. The molecule has 1 fully saturated rings. The number of carboxylic acid groups (broad SMARTS) is 1. The van der Waals surface area contributed by atoms with E-state index in [9.17, 15) is 9.59 Å². The zero-order chi connectivity index (χ0) is 15.0. The SMILES string of the molecule is CCOn1nc2ccccc2c1C(=O)[C@@H]1CCN1C(=O)O. The number of carbonyl (C=O) groups excluding carboxylic acids is 1. The number of nitrogens with zero attached hydrogens (tertiary/aromatic N) is 3. The number of Topliss-reactive ketones (excluding diaryl/α,β-unsaturated/α-hetero) is 1. The molecule has 0 saturated carbocycles. The van der Waals surface area contributed by atoms with Crippen LogP contribution in [0.25, 0.3) is 10.9 Å². The number of benzene rings is 1. The predicted octanol–water partition coefficient (Wildman–Crippen LogP) is 1.42. The first kappa shape index (κ1) is 13.4. The lowest BCUT2D eigenvalue weighted by molar-refractivity contribution is 0.0473. The van der Waals surface area contributed by atoms with E-state index in [1.807, 2.05) is 12.1 Å². The highest BCUT2D eigenvalue weighted by Gasteiger charge is 2.40. The molecule has 2 aromatic rings. The Hall–Kier alpha value is -2.57. The van der Waals surface area contributed by atoms with Crippen LogP contribution < -0.4 is 4.84 Å². The normalized spacial score (nSPS) is 17.6. The van der Waals surface area contributed by atoms with E-state index < -0.39 is 12.1 Å². The Morgan fingerprint density at radius 3 is 2.81 bits per heavy atom. The summed E-state index contributed by atoms with van der Waals surface area (Å²) in [5.74, 6) is -0.272. The molecule has 1 aliphatic rings. The van der Waals surface area contributed by atoms with Crippen LogP contribution in [0, 0.1) is 0 Å². The van der Waals surface area contributed by atoms with Crippen molar-refractivity contribution in [2.24, 2.45) is 0 Å². The Balaban J connectivity index is 2.04. The molecular formula is C14H15N3O4. The molecule has 110 valence electrons. The molecule has 1 atom stereocenters. The number of amides is 1. The molecule has 2 heterocycles. The third-order valence-corrected chi connectivity index (χ3v) is 3.60. The number of fused-ring (bicyclic) bond motifs is 1. The molecule has 1 aliphatic heterocycles. The van der Waals surface area contributed by atoms with Crippen LogP contribution in [0.3, 0.4) is 0 Å². The van der Waals surface area contributed by atoms with Gasteiger partial charge in [-0.15, -0.1) is 5.10 Å². The predicted molar refractivity (Wildman–Crippen MR) is 74.3 cm³/mol. The van der Waals surface area contributed by atoms with Gasteiger partial charge in [-0.1, -0.05) is 23.0 Å². The lowest BCUT2D eigenvalue weighted by atomic mass is 9.96. The van der Waals surface area contributed by atoms with Gasteiger partial charge in [0.15, 0.2) is 5.69 Å². The minimum absolute atomic E-state index is 0.272. The minimum Gasteiger partial charge on any atom is -0.465 e. The van der Waals surface area contributed by atoms with E-state index in [2.05, 4.69) is 5.10 Å². The van der Waals surface area contributed by atoms with Crippen LogP contribution in [0.15, 0.2) is 24.3 Å². The van der Waals surface area contributed by atoms with Gasteiger partial charge in [0.1, 0.15) is 12.6 Å². The maximum atomic E-state index is 12.7. The van der Waals surface area contributed by atoms with Crippen molar-refractivity contribution in [2.45, 2.75) is 19.4 Å². The van der Waals surface area contributed by atoms with Crippen molar-refractivity contribution in [3.8, 4) is 0 Å². The minimum atomic E-state index is -1.08. The second kappa shape index (κ2) is 5.08. The number of aromatic nitrogens is 2. The van der Waals surface area contributed by atoms with Crippen molar-refractivity contribution in [2.75, 3.05) is 13.2 Å². The van der Waals surface area contributed by atoms with E-state index >= 15 is 0 Å².